The number of allylic oxidation sites excluding steroid dienone is 1. The zero-order valence-electron chi connectivity index (χ0n) is 7.30. The van der Waals surface area contributed by atoms with E-state index in [-0.39, 0.29) is 6.61 Å². The van der Waals surface area contributed by atoms with Crippen LogP contribution < -0.4 is 0 Å². The van der Waals surface area contributed by atoms with Gasteiger partial charge in [0.2, 0.25) is 0 Å². The van der Waals surface area contributed by atoms with Crippen molar-refractivity contribution >= 4 is 0 Å². The van der Waals surface area contributed by atoms with Crippen molar-refractivity contribution in [2.75, 3.05) is 6.61 Å². The predicted octanol–water partition coefficient (Wildman–Crippen LogP) is 1.97. The summed E-state index contributed by atoms with van der Waals surface area (Å²) in [6.45, 7) is 4.93. The molecule has 0 radical (unpaired) electrons. The van der Waals surface area contributed by atoms with Crippen LogP contribution in [0.2, 0.25) is 0 Å². The Morgan fingerprint density at radius 1 is 1.64 bits per heavy atom. The van der Waals surface area contributed by atoms with Crippen LogP contribution in [0.5, 0.6) is 0 Å². The van der Waals surface area contributed by atoms with Gasteiger partial charge in [-0.15, -0.1) is 0 Å². The molecule has 0 heterocycles. The van der Waals surface area contributed by atoms with Gasteiger partial charge in [-0.1, -0.05) is 19.9 Å². The normalized spacial score (nSPS) is 39.4. The summed E-state index contributed by atoms with van der Waals surface area (Å²) in [4.78, 5) is 0. The van der Waals surface area contributed by atoms with Crippen molar-refractivity contribution in [3.8, 4) is 0 Å². The van der Waals surface area contributed by atoms with Crippen molar-refractivity contribution in [3.05, 3.63) is 11.6 Å². The molecule has 1 N–H and O–H groups in total. The zero-order chi connectivity index (χ0) is 8.06. The topological polar surface area (TPSA) is 20.2 Å². The van der Waals surface area contributed by atoms with Gasteiger partial charge in [0.15, 0.2) is 0 Å². The molecule has 0 spiro atoms. The molecule has 0 aromatic carbocycles. The number of aliphatic hydroxyl groups is 1. The minimum atomic E-state index is 0.279. The van der Waals surface area contributed by atoms with E-state index in [1.165, 1.54) is 18.4 Å². The van der Waals surface area contributed by atoms with Crippen molar-refractivity contribution in [2.24, 2.45) is 17.3 Å². The van der Waals surface area contributed by atoms with E-state index in [0.29, 0.717) is 11.3 Å². The molecule has 3 aliphatic rings. The lowest BCUT2D eigenvalue weighted by molar-refractivity contribution is -0.0125. The quantitative estimate of drug-likeness (QED) is 0.569. The Labute approximate surface area is 68.1 Å². The lowest BCUT2D eigenvalue weighted by Crippen LogP contribution is -2.48. The van der Waals surface area contributed by atoms with Crippen molar-refractivity contribution in [1.82, 2.24) is 0 Å². The molecule has 3 rings (SSSR count). The van der Waals surface area contributed by atoms with E-state index in [9.17, 15) is 0 Å². The largest absolute Gasteiger partial charge is 0.392 e. The highest BCUT2D eigenvalue weighted by Crippen LogP contribution is 2.58. The summed E-state index contributed by atoms with van der Waals surface area (Å²) in [7, 11) is 0. The highest BCUT2D eigenvalue weighted by Gasteiger charge is 2.50. The number of fused-ring (bicyclic) bond motifs is 1. The molecule has 3 aliphatic carbocycles. The lowest BCUT2D eigenvalue weighted by atomic mass is 9.49. The SMILES string of the molecule is CC1(C)[C@@H]2CC=C(CO)[C@H]1C2. The van der Waals surface area contributed by atoms with Crippen molar-refractivity contribution in [2.45, 2.75) is 26.7 Å². The third-order valence-electron chi connectivity index (χ3n) is 3.77. The average Bonchev–Trinajstić information content (AvgIpc) is 2.04. The number of hydrogen-bond acceptors (Lipinski definition) is 1. The molecular weight excluding hydrogens is 136 g/mol. The standard InChI is InChI=1S/C10H16O/c1-10(2)8-4-3-7(6-11)9(10)5-8/h3,8-9,11H,4-6H2,1-2H3/t8-,9-/m1/s1. The molecule has 0 amide bonds. The zero-order valence-corrected chi connectivity index (χ0v) is 7.30. The molecule has 0 aliphatic heterocycles. The fourth-order valence-corrected chi connectivity index (χ4v) is 2.66. The summed E-state index contributed by atoms with van der Waals surface area (Å²) in [5, 5.41) is 9.05. The fraction of sp³-hybridized carbons (Fsp3) is 0.800. The van der Waals surface area contributed by atoms with Crippen LogP contribution in [-0.4, -0.2) is 11.7 Å². The third-order valence-corrected chi connectivity index (χ3v) is 3.77. The van der Waals surface area contributed by atoms with Crippen LogP contribution >= 0.6 is 0 Å². The third kappa shape index (κ3) is 0.807. The Morgan fingerprint density at radius 3 is 2.73 bits per heavy atom. The van der Waals surface area contributed by atoms with Gasteiger partial charge in [-0.05, 0) is 35.7 Å². The first-order valence-electron chi connectivity index (χ1n) is 4.46. The summed E-state index contributed by atoms with van der Waals surface area (Å²) >= 11 is 0. The first kappa shape index (κ1) is 7.35. The van der Waals surface area contributed by atoms with Gasteiger partial charge >= 0.3 is 0 Å². The molecule has 11 heavy (non-hydrogen) atoms. The molecule has 1 heteroatoms. The second kappa shape index (κ2) is 2.10. The molecule has 0 aromatic rings. The van der Waals surface area contributed by atoms with Crippen LogP contribution in [0, 0.1) is 17.3 Å². The van der Waals surface area contributed by atoms with Crippen LogP contribution in [0.3, 0.4) is 0 Å². The maximum Gasteiger partial charge on any atom is 0.0644 e. The first-order valence-corrected chi connectivity index (χ1v) is 4.46. The van der Waals surface area contributed by atoms with Crippen molar-refractivity contribution in [3.63, 3.8) is 0 Å². The summed E-state index contributed by atoms with van der Waals surface area (Å²) in [5.41, 5.74) is 1.77. The highest BCUT2D eigenvalue weighted by atomic mass is 16.3. The van der Waals surface area contributed by atoms with E-state index < -0.39 is 0 Å². The van der Waals surface area contributed by atoms with Crippen LogP contribution in [-0.2, 0) is 0 Å². The molecule has 0 saturated heterocycles. The molecule has 0 unspecified atom stereocenters. The van der Waals surface area contributed by atoms with E-state index in [1.54, 1.807) is 0 Å². The average molecular weight is 152 g/mol. The molecule has 2 bridgehead atoms. The summed E-state index contributed by atoms with van der Waals surface area (Å²) in [5.74, 6) is 1.58. The Hall–Kier alpha value is -0.300. The Balaban J connectivity index is 2.23. The van der Waals surface area contributed by atoms with Gasteiger partial charge in [0.05, 0.1) is 6.61 Å². The fourth-order valence-electron chi connectivity index (χ4n) is 2.66. The van der Waals surface area contributed by atoms with E-state index in [2.05, 4.69) is 19.9 Å². The molecular formula is C10H16O. The molecule has 62 valence electrons. The number of aliphatic hydroxyl groups excluding tert-OH is 1. The minimum absolute atomic E-state index is 0.279. The molecule has 1 fully saturated rings. The highest BCUT2D eigenvalue weighted by molar-refractivity contribution is 5.23. The van der Waals surface area contributed by atoms with Crippen LogP contribution in [0.25, 0.3) is 0 Å². The van der Waals surface area contributed by atoms with Crippen LogP contribution in [0.1, 0.15) is 26.7 Å². The van der Waals surface area contributed by atoms with E-state index in [4.69, 9.17) is 5.11 Å². The van der Waals surface area contributed by atoms with Gasteiger partial charge in [0.25, 0.3) is 0 Å². The van der Waals surface area contributed by atoms with Gasteiger partial charge in [-0.2, -0.15) is 0 Å². The minimum Gasteiger partial charge on any atom is -0.392 e. The Morgan fingerprint density at radius 2 is 2.36 bits per heavy atom. The summed E-state index contributed by atoms with van der Waals surface area (Å²) in [6.07, 6.45) is 4.75. The second-order valence-corrected chi connectivity index (χ2v) is 4.48. The Bertz CT molecular complexity index is 203. The Kier molecular flexibility index (Phi) is 1.40. The van der Waals surface area contributed by atoms with E-state index in [0.717, 1.165) is 5.92 Å². The van der Waals surface area contributed by atoms with Gasteiger partial charge in [0.1, 0.15) is 0 Å². The van der Waals surface area contributed by atoms with Gasteiger partial charge in [0, 0.05) is 0 Å². The van der Waals surface area contributed by atoms with Crippen LogP contribution in [0.15, 0.2) is 11.6 Å². The van der Waals surface area contributed by atoms with Crippen molar-refractivity contribution < 1.29 is 5.11 Å². The van der Waals surface area contributed by atoms with Crippen molar-refractivity contribution in [1.29, 1.82) is 0 Å². The molecule has 2 atom stereocenters. The maximum absolute atomic E-state index is 9.05. The predicted molar refractivity (Wildman–Crippen MR) is 45.2 cm³/mol. The molecule has 0 aromatic heterocycles. The molecule has 1 saturated carbocycles. The smallest absolute Gasteiger partial charge is 0.0644 e. The van der Waals surface area contributed by atoms with Gasteiger partial charge < -0.3 is 5.11 Å². The second-order valence-electron chi connectivity index (χ2n) is 4.48. The maximum atomic E-state index is 9.05. The number of rotatable bonds is 1. The molecule has 1 nitrogen and oxygen atoms in total. The summed E-state index contributed by atoms with van der Waals surface area (Å²) in [6, 6.07) is 0. The lowest BCUT2D eigenvalue weighted by Gasteiger charge is -2.56. The van der Waals surface area contributed by atoms with Gasteiger partial charge in [-0.3, -0.25) is 0 Å². The van der Waals surface area contributed by atoms with Crippen LogP contribution in [0.4, 0.5) is 0 Å². The first-order chi connectivity index (χ1) is 5.16. The number of hydrogen-bond donors (Lipinski definition) is 1. The summed E-state index contributed by atoms with van der Waals surface area (Å²) < 4.78 is 0. The monoisotopic (exact) mass is 152 g/mol. The van der Waals surface area contributed by atoms with E-state index >= 15 is 0 Å². The van der Waals surface area contributed by atoms with E-state index in [1.807, 2.05) is 0 Å². The van der Waals surface area contributed by atoms with Gasteiger partial charge in [-0.25, -0.2) is 0 Å².